The summed E-state index contributed by atoms with van der Waals surface area (Å²) in [5.74, 6) is -0.695. The van der Waals surface area contributed by atoms with Crippen LogP contribution >= 0.6 is 11.3 Å². The van der Waals surface area contributed by atoms with Crippen molar-refractivity contribution in [1.82, 2.24) is 9.88 Å². The van der Waals surface area contributed by atoms with Crippen molar-refractivity contribution in [1.29, 1.82) is 0 Å². The molecule has 4 aliphatic rings. The number of carbonyl (C=O) groups is 1. The number of hydrogen-bond donors (Lipinski definition) is 1. The summed E-state index contributed by atoms with van der Waals surface area (Å²) in [5.41, 5.74) is 2.82. The number of carboxylic acids is 1. The number of carboxylic acid groups (broad SMARTS) is 1. The normalized spacial score (nSPS) is 29.7. The predicted molar refractivity (Wildman–Crippen MR) is 123 cm³/mol. The Kier molecular flexibility index (Phi) is 5.66. The van der Waals surface area contributed by atoms with E-state index in [1.807, 2.05) is 13.0 Å². The molecule has 34 heavy (non-hydrogen) atoms. The molecule has 2 heterocycles. The molecule has 3 aliphatic carbocycles. The molecule has 5 rings (SSSR count). The van der Waals surface area contributed by atoms with E-state index in [4.69, 9.17) is 4.74 Å². The second-order valence-corrected chi connectivity index (χ2v) is 10.6. The number of ether oxygens (including phenoxy) is 1. The molecule has 5 nitrogen and oxygen atoms in total. The Bertz CT molecular complexity index is 1130. The number of thiazole rings is 1. The quantitative estimate of drug-likeness (QED) is 0.529. The Balaban J connectivity index is 1.36. The molecular weight excluding hydrogens is 465 g/mol. The van der Waals surface area contributed by atoms with Gasteiger partial charge < -0.3 is 14.7 Å². The van der Waals surface area contributed by atoms with Crippen LogP contribution in [0.5, 0.6) is 0 Å². The van der Waals surface area contributed by atoms with Crippen molar-refractivity contribution in [3.63, 3.8) is 0 Å². The molecule has 1 aromatic heterocycles. The van der Waals surface area contributed by atoms with Crippen LogP contribution in [0.25, 0.3) is 5.57 Å². The standard InChI is InChI=1S/C25H27F3N2O3S/c1-14-20(34-23(29-14)15-3-5-16(6-4-15)25(26,27)28)13-30-12-17(7-10-22(31)32)24-11-18(24)19(33-2)8-9-21(24)30/h3-5,8-9,16-18H,6-7,10-13H2,1-2H3,(H,31,32). The van der Waals surface area contributed by atoms with Gasteiger partial charge in [0.1, 0.15) is 5.01 Å². The van der Waals surface area contributed by atoms with E-state index >= 15 is 0 Å². The van der Waals surface area contributed by atoms with Gasteiger partial charge in [-0.15, -0.1) is 11.3 Å². The van der Waals surface area contributed by atoms with E-state index in [1.165, 1.54) is 29.2 Å². The largest absolute Gasteiger partial charge is 0.501 e. The Morgan fingerprint density at radius 3 is 2.82 bits per heavy atom. The van der Waals surface area contributed by atoms with E-state index in [9.17, 15) is 23.1 Å². The molecule has 0 amide bonds. The van der Waals surface area contributed by atoms with Crippen LogP contribution in [0.15, 0.2) is 41.8 Å². The summed E-state index contributed by atoms with van der Waals surface area (Å²) in [6.07, 6.45) is 5.99. The number of hydrogen-bond acceptors (Lipinski definition) is 5. The fraction of sp³-hybridized carbons (Fsp3) is 0.520. The number of aryl methyl sites for hydroxylation is 1. The summed E-state index contributed by atoms with van der Waals surface area (Å²) >= 11 is 1.52. The first kappa shape index (κ1) is 23.2. The summed E-state index contributed by atoms with van der Waals surface area (Å²) in [6.45, 7) is 3.38. The smallest absolute Gasteiger partial charge is 0.395 e. The van der Waals surface area contributed by atoms with E-state index in [-0.39, 0.29) is 24.2 Å². The van der Waals surface area contributed by atoms with Crippen LogP contribution < -0.4 is 0 Å². The molecule has 0 radical (unpaired) electrons. The summed E-state index contributed by atoms with van der Waals surface area (Å²) in [6, 6.07) is 0. The monoisotopic (exact) mass is 492 g/mol. The topological polar surface area (TPSA) is 62.7 Å². The number of halogens is 3. The second kappa shape index (κ2) is 8.29. The zero-order valence-electron chi connectivity index (χ0n) is 19.1. The fourth-order valence-corrected chi connectivity index (χ4v) is 6.93. The molecule has 4 atom stereocenters. The Labute approximate surface area is 200 Å². The lowest BCUT2D eigenvalue weighted by molar-refractivity contribution is -0.160. The maximum atomic E-state index is 13.0. The third-order valence-corrected chi connectivity index (χ3v) is 8.87. The van der Waals surface area contributed by atoms with Crippen molar-refractivity contribution in [2.75, 3.05) is 13.7 Å². The number of allylic oxidation sites excluding steroid dienone is 8. The third-order valence-electron chi connectivity index (χ3n) is 7.68. The van der Waals surface area contributed by atoms with E-state index in [2.05, 4.69) is 16.0 Å². The first-order valence-electron chi connectivity index (χ1n) is 11.5. The lowest BCUT2D eigenvalue weighted by atomic mass is 9.82. The van der Waals surface area contributed by atoms with E-state index in [0.29, 0.717) is 18.9 Å². The maximum Gasteiger partial charge on any atom is 0.395 e. The van der Waals surface area contributed by atoms with Crippen LogP contribution in [-0.2, 0) is 16.1 Å². The van der Waals surface area contributed by atoms with Crippen LogP contribution in [-0.4, -0.2) is 40.8 Å². The lowest BCUT2D eigenvalue weighted by Crippen LogP contribution is -2.21. The van der Waals surface area contributed by atoms with Gasteiger partial charge in [0.2, 0.25) is 0 Å². The fourth-order valence-electron chi connectivity index (χ4n) is 5.84. The van der Waals surface area contributed by atoms with E-state index < -0.39 is 18.1 Å². The highest BCUT2D eigenvalue weighted by atomic mass is 32.1. The van der Waals surface area contributed by atoms with Gasteiger partial charge in [0.05, 0.1) is 31.0 Å². The van der Waals surface area contributed by atoms with Crippen molar-refractivity contribution < 1.29 is 27.8 Å². The summed E-state index contributed by atoms with van der Waals surface area (Å²) in [5, 5.41) is 9.99. The summed E-state index contributed by atoms with van der Waals surface area (Å²) in [7, 11) is 1.68. The van der Waals surface area contributed by atoms with Gasteiger partial charge in [0, 0.05) is 40.4 Å². The molecular formula is C25H27F3N2O3S. The Morgan fingerprint density at radius 2 is 2.18 bits per heavy atom. The molecule has 1 aliphatic heterocycles. The summed E-state index contributed by atoms with van der Waals surface area (Å²) < 4.78 is 44.5. The van der Waals surface area contributed by atoms with Gasteiger partial charge in [-0.25, -0.2) is 4.98 Å². The molecule has 1 saturated carbocycles. The molecule has 1 N–H and O–H groups in total. The van der Waals surface area contributed by atoms with Crippen molar-refractivity contribution in [2.24, 2.45) is 23.2 Å². The highest BCUT2D eigenvalue weighted by Crippen LogP contribution is 2.71. The van der Waals surface area contributed by atoms with Crippen LogP contribution in [0, 0.1) is 30.1 Å². The molecule has 1 aromatic rings. The Hall–Kier alpha value is -2.55. The van der Waals surface area contributed by atoms with Gasteiger partial charge in [-0.3, -0.25) is 4.79 Å². The molecule has 182 valence electrons. The highest BCUT2D eigenvalue weighted by Gasteiger charge is 2.68. The highest BCUT2D eigenvalue weighted by molar-refractivity contribution is 7.12. The number of alkyl halides is 3. The van der Waals surface area contributed by atoms with E-state index in [0.717, 1.165) is 39.9 Å². The molecule has 1 saturated heterocycles. The molecule has 9 heteroatoms. The van der Waals surface area contributed by atoms with Gasteiger partial charge in [-0.05, 0) is 44.3 Å². The second-order valence-electron chi connectivity index (χ2n) is 9.56. The molecule has 0 aromatic carbocycles. The van der Waals surface area contributed by atoms with Gasteiger partial charge in [-0.1, -0.05) is 18.2 Å². The third kappa shape index (κ3) is 3.87. The maximum absolute atomic E-state index is 13.0. The molecule has 0 bridgehead atoms. The zero-order valence-corrected chi connectivity index (χ0v) is 19.9. The SMILES string of the molecule is COC1=CC=C2N(Cc3sc(C4=CCC(C(F)(F)F)C=C4)nc3C)CC(CCC(=O)O)C23CC13. The number of likely N-dealkylation sites (tertiary alicyclic amines) is 1. The van der Waals surface area contributed by atoms with Crippen LogP contribution in [0.1, 0.15) is 41.3 Å². The zero-order chi connectivity index (χ0) is 24.3. The average molecular weight is 493 g/mol. The van der Waals surface area contributed by atoms with Crippen LogP contribution in [0.3, 0.4) is 0 Å². The minimum atomic E-state index is -4.23. The number of rotatable bonds is 7. The van der Waals surface area contributed by atoms with Gasteiger partial charge >= 0.3 is 12.1 Å². The average Bonchev–Trinajstić information content (AvgIpc) is 3.35. The summed E-state index contributed by atoms with van der Waals surface area (Å²) in [4.78, 5) is 19.3. The van der Waals surface area contributed by atoms with Crippen LogP contribution in [0.2, 0.25) is 0 Å². The molecule has 2 fully saturated rings. The molecule has 1 spiro atoms. The van der Waals surface area contributed by atoms with Crippen molar-refractivity contribution >= 4 is 22.9 Å². The van der Waals surface area contributed by atoms with E-state index in [1.54, 1.807) is 13.2 Å². The Morgan fingerprint density at radius 1 is 1.38 bits per heavy atom. The minimum absolute atomic E-state index is 0.0434. The van der Waals surface area contributed by atoms with Gasteiger partial charge in [-0.2, -0.15) is 13.2 Å². The number of aliphatic carboxylic acids is 1. The number of nitrogens with zero attached hydrogens (tertiary/aromatic N) is 2. The van der Waals surface area contributed by atoms with Gasteiger partial charge in [0.15, 0.2) is 0 Å². The molecule has 4 unspecified atom stereocenters. The lowest BCUT2D eigenvalue weighted by Gasteiger charge is -2.25. The number of methoxy groups -OCH3 is 1. The van der Waals surface area contributed by atoms with Crippen molar-refractivity contribution in [2.45, 2.75) is 45.3 Å². The minimum Gasteiger partial charge on any atom is -0.501 e. The first-order valence-corrected chi connectivity index (χ1v) is 12.3. The van der Waals surface area contributed by atoms with Gasteiger partial charge in [0.25, 0.3) is 0 Å². The van der Waals surface area contributed by atoms with Crippen molar-refractivity contribution in [3.05, 3.63) is 57.4 Å². The van der Waals surface area contributed by atoms with Crippen molar-refractivity contribution in [3.8, 4) is 0 Å². The van der Waals surface area contributed by atoms with Crippen LogP contribution in [0.4, 0.5) is 13.2 Å². The first-order chi connectivity index (χ1) is 16.1. The number of aromatic nitrogens is 1. The predicted octanol–water partition coefficient (Wildman–Crippen LogP) is 5.70.